The van der Waals surface area contributed by atoms with Crippen molar-refractivity contribution in [3.63, 3.8) is 0 Å². The van der Waals surface area contributed by atoms with Crippen molar-refractivity contribution in [2.45, 2.75) is 0 Å². The average molecular weight is 456 g/mol. The van der Waals surface area contributed by atoms with Gasteiger partial charge in [-0.3, -0.25) is 30.6 Å². The second-order valence-electron chi connectivity index (χ2n) is 5.77. The van der Waals surface area contributed by atoms with Gasteiger partial charge in [0.05, 0.1) is 10.5 Å². The Hall–Kier alpha value is -3.72. The van der Waals surface area contributed by atoms with Crippen LogP contribution < -0.4 is 10.9 Å². The van der Waals surface area contributed by atoms with Gasteiger partial charge < -0.3 is 4.42 Å². The molecule has 29 heavy (non-hydrogen) atoms. The summed E-state index contributed by atoms with van der Waals surface area (Å²) in [5.74, 6) is -0.223. The SMILES string of the molecule is O=C(C=Cc1ccc(-c2cccc([N+](=O)[O-])c2)o1)NNC(=O)c1ccccc1Br. The summed E-state index contributed by atoms with van der Waals surface area (Å²) in [4.78, 5) is 34.3. The van der Waals surface area contributed by atoms with Gasteiger partial charge in [0, 0.05) is 28.2 Å². The summed E-state index contributed by atoms with van der Waals surface area (Å²) in [5, 5.41) is 10.9. The molecule has 0 unspecified atom stereocenters. The quantitative estimate of drug-likeness (QED) is 0.341. The smallest absolute Gasteiger partial charge is 0.270 e. The Morgan fingerprint density at radius 1 is 1.03 bits per heavy atom. The fourth-order valence-electron chi connectivity index (χ4n) is 2.40. The van der Waals surface area contributed by atoms with E-state index in [9.17, 15) is 19.7 Å². The lowest BCUT2D eigenvalue weighted by atomic mass is 10.1. The molecule has 8 nitrogen and oxygen atoms in total. The maximum absolute atomic E-state index is 12.0. The Morgan fingerprint density at radius 2 is 1.83 bits per heavy atom. The molecule has 0 saturated heterocycles. The zero-order valence-corrected chi connectivity index (χ0v) is 16.4. The molecule has 0 aliphatic carbocycles. The number of nitrogens with zero attached hydrogens (tertiary/aromatic N) is 1. The molecular formula is C20H14BrN3O5. The summed E-state index contributed by atoms with van der Waals surface area (Å²) >= 11 is 3.26. The van der Waals surface area contributed by atoms with Crippen LogP contribution in [0.25, 0.3) is 17.4 Å². The third-order valence-corrected chi connectivity index (χ3v) is 4.48. The van der Waals surface area contributed by atoms with Gasteiger partial charge in [-0.1, -0.05) is 24.3 Å². The van der Waals surface area contributed by atoms with Gasteiger partial charge >= 0.3 is 0 Å². The molecule has 0 spiro atoms. The molecule has 3 rings (SSSR count). The predicted molar refractivity (Wildman–Crippen MR) is 110 cm³/mol. The number of nitrogens with one attached hydrogen (secondary N) is 2. The van der Waals surface area contributed by atoms with Crippen molar-refractivity contribution in [1.82, 2.24) is 10.9 Å². The van der Waals surface area contributed by atoms with Crippen molar-refractivity contribution in [1.29, 1.82) is 0 Å². The zero-order chi connectivity index (χ0) is 20.8. The van der Waals surface area contributed by atoms with Gasteiger partial charge in [0.25, 0.3) is 17.5 Å². The fourth-order valence-corrected chi connectivity index (χ4v) is 2.87. The maximum Gasteiger partial charge on any atom is 0.270 e. The van der Waals surface area contributed by atoms with Crippen LogP contribution in [0.15, 0.2) is 75.6 Å². The van der Waals surface area contributed by atoms with E-state index in [1.54, 1.807) is 48.5 Å². The summed E-state index contributed by atoms with van der Waals surface area (Å²) in [6, 6.07) is 16.1. The van der Waals surface area contributed by atoms with E-state index in [0.29, 0.717) is 27.1 Å². The van der Waals surface area contributed by atoms with E-state index in [1.807, 2.05) is 0 Å². The van der Waals surface area contributed by atoms with Crippen LogP contribution >= 0.6 is 15.9 Å². The summed E-state index contributed by atoms with van der Waals surface area (Å²) in [6.45, 7) is 0. The van der Waals surface area contributed by atoms with Crippen LogP contribution in [0, 0.1) is 10.1 Å². The number of amides is 2. The number of furan rings is 1. The van der Waals surface area contributed by atoms with Crippen LogP contribution in [0.1, 0.15) is 16.1 Å². The van der Waals surface area contributed by atoms with Gasteiger partial charge in [-0.25, -0.2) is 0 Å². The van der Waals surface area contributed by atoms with Gasteiger partial charge in [-0.2, -0.15) is 0 Å². The monoisotopic (exact) mass is 455 g/mol. The van der Waals surface area contributed by atoms with E-state index in [2.05, 4.69) is 26.8 Å². The number of nitro benzene ring substituents is 1. The molecular weight excluding hydrogens is 442 g/mol. The lowest BCUT2D eigenvalue weighted by Crippen LogP contribution is -2.40. The highest BCUT2D eigenvalue weighted by atomic mass is 79.9. The first kappa shape index (κ1) is 20.0. The van der Waals surface area contributed by atoms with Crippen molar-refractivity contribution < 1.29 is 18.9 Å². The molecule has 1 heterocycles. The number of hydrogen-bond donors (Lipinski definition) is 2. The third-order valence-electron chi connectivity index (χ3n) is 3.78. The van der Waals surface area contributed by atoms with Crippen LogP contribution in [-0.2, 0) is 4.79 Å². The molecule has 0 fully saturated rings. The molecule has 0 atom stereocenters. The van der Waals surface area contributed by atoms with E-state index in [-0.39, 0.29) is 5.69 Å². The number of hydrazine groups is 1. The standard InChI is InChI=1S/C20H14BrN3O5/c21-17-7-2-1-6-16(17)20(26)23-22-19(25)11-9-15-8-10-18(29-15)13-4-3-5-14(12-13)24(27)28/h1-12H,(H,22,25)(H,23,26). The van der Waals surface area contributed by atoms with Crippen LogP contribution in [0.3, 0.4) is 0 Å². The van der Waals surface area contributed by atoms with Crippen molar-refractivity contribution >= 4 is 39.5 Å². The molecule has 146 valence electrons. The highest BCUT2D eigenvalue weighted by Gasteiger charge is 2.11. The topological polar surface area (TPSA) is 114 Å². The normalized spacial score (nSPS) is 10.7. The molecule has 9 heteroatoms. The first-order chi connectivity index (χ1) is 13.9. The summed E-state index contributed by atoms with van der Waals surface area (Å²) in [5.41, 5.74) is 5.46. The van der Waals surface area contributed by atoms with Crippen molar-refractivity contribution in [2.75, 3.05) is 0 Å². The Kier molecular flexibility index (Phi) is 6.20. The van der Waals surface area contributed by atoms with E-state index >= 15 is 0 Å². The number of halogens is 1. The summed E-state index contributed by atoms with van der Waals surface area (Å²) < 4.78 is 6.19. The van der Waals surface area contributed by atoms with Crippen LogP contribution in [0.5, 0.6) is 0 Å². The largest absolute Gasteiger partial charge is 0.457 e. The molecule has 0 saturated carbocycles. The number of carbonyl (C=O) groups is 2. The second-order valence-corrected chi connectivity index (χ2v) is 6.62. The number of hydrogen-bond acceptors (Lipinski definition) is 5. The lowest BCUT2D eigenvalue weighted by Gasteiger charge is -2.06. The first-order valence-electron chi connectivity index (χ1n) is 8.31. The minimum atomic E-state index is -0.557. The van der Waals surface area contributed by atoms with E-state index in [0.717, 1.165) is 0 Å². The second kappa shape index (κ2) is 8.98. The predicted octanol–water partition coefficient (Wildman–Crippen LogP) is 4.09. The highest BCUT2D eigenvalue weighted by Crippen LogP contribution is 2.26. The Bertz CT molecular complexity index is 1110. The van der Waals surface area contributed by atoms with Gasteiger partial charge in [0.15, 0.2) is 0 Å². The Labute approximate surface area is 173 Å². The molecule has 2 amide bonds. The number of benzene rings is 2. The van der Waals surface area contributed by atoms with Crippen LogP contribution in [0.2, 0.25) is 0 Å². The van der Waals surface area contributed by atoms with Crippen molar-refractivity contribution in [2.24, 2.45) is 0 Å². The fraction of sp³-hybridized carbons (Fsp3) is 0. The third kappa shape index (κ3) is 5.17. The van der Waals surface area contributed by atoms with Gasteiger partial charge in [-0.15, -0.1) is 0 Å². The minimum absolute atomic E-state index is 0.0452. The van der Waals surface area contributed by atoms with Gasteiger partial charge in [-0.05, 0) is 46.3 Å². The van der Waals surface area contributed by atoms with Crippen molar-refractivity contribution in [3.05, 3.63) is 92.7 Å². The van der Waals surface area contributed by atoms with Gasteiger partial charge in [0.1, 0.15) is 11.5 Å². The minimum Gasteiger partial charge on any atom is -0.457 e. The molecule has 0 aliphatic heterocycles. The first-order valence-corrected chi connectivity index (χ1v) is 9.11. The van der Waals surface area contributed by atoms with Crippen LogP contribution in [0.4, 0.5) is 5.69 Å². The number of non-ortho nitro benzene ring substituents is 1. The number of nitro groups is 1. The highest BCUT2D eigenvalue weighted by molar-refractivity contribution is 9.10. The molecule has 0 aliphatic rings. The van der Waals surface area contributed by atoms with Crippen LogP contribution in [-0.4, -0.2) is 16.7 Å². The summed E-state index contributed by atoms with van der Waals surface area (Å²) in [6.07, 6.45) is 2.61. The van der Waals surface area contributed by atoms with Gasteiger partial charge in [0.2, 0.25) is 0 Å². The molecule has 0 radical (unpaired) electrons. The molecule has 2 aromatic carbocycles. The van der Waals surface area contributed by atoms with E-state index in [1.165, 1.54) is 24.3 Å². The molecule has 3 aromatic rings. The molecule has 2 N–H and O–H groups in total. The average Bonchev–Trinajstić information content (AvgIpc) is 3.20. The Morgan fingerprint density at radius 3 is 2.59 bits per heavy atom. The lowest BCUT2D eigenvalue weighted by molar-refractivity contribution is -0.384. The summed E-state index contributed by atoms with van der Waals surface area (Å²) in [7, 11) is 0. The van der Waals surface area contributed by atoms with Crippen molar-refractivity contribution in [3.8, 4) is 11.3 Å². The van der Waals surface area contributed by atoms with E-state index in [4.69, 9.17) is 4.42 Å². The molecule has 0 bridgehead atoms. The molecule has 1 aromatic heterocycles. The number of carbonyl (C=O) groups excluding carboxylic acids is 2. The number of rotatable bonds is 5. The zero-order valence-electron chi connectivity index (χ0n) is 14.8. The Balaban J connectivity index is 1.60. The van der Waals surface area contributed by atoms with E-state index < -0.39 is 16.7 Å². The maximum atomic E-state index is 12.0.